The van der Waals surface area contributed by atoms with Crippen molar-refractivity contribution in [3.05, 3.63) is 53.8 Å². The highest BCUT2D eigenvalue weighted by molar-refractivity contribution is 5.64. The summed E-state index contributed by atoms with van der Waals surface area (Å²) in [7, 11) is 3.52. The molecule has 0 aliphatic rings. The summed E-state index contributed by atoms with van der Waals surface area (Å²) in [5.41, 5.74) is 8.17. The lowest BCUT2D eigenvalue weighted by Gasteiger charge is -2.21. The van der Waals surface area contributed by atoms with Gasteiger partial charge >= 0.3 is 0 Å². The second-order valence-corrected chi connectivity index (χ2v) is 4.62. The fourth-order valence-electron chi connectivity index (χ4n) is 2.11. The molecule has 2 N–H and O–H groups in total. The van der Waals surface area contributed by atoms with Crippen molar-refractivity contribution in [3.8, 4) is 5.75 Å². The maximum Gasteiger partial charge on any atom is 0.125 e. The van der Waals surface area contributed by atoms with Gasteiger partial charge in [0.05, 0.1) is 7.11 Å². The van der Waals surface area contributed by atoms with Crippen molar-refractivity contribution < 1.29 is 9.13 Å². The van der Waals surface area contributed by atoms with E-state index in [-0.39, 0.29) is 5.82 Å². The first-order chi connectivity index (χ1) is 9.63. The van der Waals surface area contributed by atoms with Crippen LogP contribution in [0.5, 0.6) is 5.75 Å². The van der Waals surface area contributed by atoms with E-state index >= 15 is 0 Å². The van der Waals surface area contributed by atoms with Crippen molar-refractivity contribution in [1.82, 2.24) is 0 Å². The van der Waals surface area contributed by atoms with E-state index in [9.17, 15) is 4.39 Å². The first-order valence-electron chi connectivity index (χ1n) is 6.51. The van der Waals surface area contributed by atoms with Gasteiger partial charge in [-0.1, -0.05) is 6.07 Å². The minimum absolute atomic E-state index is 0.249. The van der Waals surface area contributed by atoms with Gasteiger partial charge in [-0.05, 0) is 48.9 Å². The molecule has 4 heteroatoms. The number of halogens is 1. The van der Waals surface area contributed by atoms with Crippen molar-refractivity contribution >= 4 is 11.4 Å². The third-order valence-electron chi connectivity index (χ3n) is 3.20. The molecule has 0 aromatic heterocycles. The van der Waals surface area contributed by atoms with Crippen molar-refractivity contribution in [1.29, 1.82) is 0 Å². The normalized spacial score (nSPS) is 10.4. The van der Waals surface area contributed by atoms with E-state index in [1.54, 1.807) is 7.11 Å². The fourth-order valence-corrected chi connectivity index (χ4v) is 2.11. The zero-order valence-electron chi connectivity index (χ0n) is 11.8. The summed E-state index contributed by atoms with van der Waals surface area (Å²) in [6, 6.07) is 12.6. The first kappa shape index (κ1) is 14.3. The van der Waals surface area contributed by atoms with Gasteiger partial charge in [-0.2, -0.15) is 0 Å². The van der Waals surface area contributed by atoms with Gasteiger partial charge in [0.1, 0.15) is 11.6 Å². The van der Waals surface area contributed by atoms with Crippen LogP contribution in [0.1, 0.15) is 5.56 Å². The molecule has 2 aromatic rings. The maximum absolute atomic E-state index is 13.7. The molecule has 0 saturated carbocycles. The standard InChI is InChI=1S/C16H19FN2O/c1-19(14-4-3-5-16(11-14)20-2)15-9-12(6-7-18)8-13(17)10-15/h3-5,8-11H,6-7,18H2,1-2H3. The zero-order valence-corrected chi connectivity index (χ0v) is 11.8. The Balaban J connectivity index is 2.34. The van der Waals surface area contributed by atoms with E-state index in [1.807, 2.05) is 42.3 Å². The average molecular weight is 274 g/mol. The fraction of sp³-hybridized carbons (Fsp3) is 0.250. The van der Waals surface area contributed by atoms with Crippen LogP contribution in [-0.4, -0.2) is 20.7 Å². The summed E-state index contributed by atoms with van der Waals surface area (Å²) in [5, 5.41) is 0. The summed E-state index contributed by atoms with van der Waals surface area (Å²) in [4.78, 5) is 1.92. The number of rotatable bonds is 5. The molecule has 0 radical (unpaired) electrons. The Morgan fingerprint density at radius 3 is 2.65 bits per heavy atom. The third kappa shape index (κ3) is 3.27. The predicted molar refractivity (Wildman–Crippen MR) is 80.2 cm³/mol. The van der Waals surface area contributed by atoms with Crippen molar-refractivity contribution in [2.45, 2.75) is 6.42 Å². The van der Waals surface area contributed by atoms with Crippen LogP contribution in [0.15, 0.2) is 42.5 Å². The molecule has 0 aliphatic carbocycles. The molecule has 0 bridgehead atoms. The molecule has 0 atom stereocenters. The lowest BCUT2D eigenvalue weighted by atomic mass is 10.1. The second kappa shape index (κ2) is 6.39. The predicted octanol–water partition coefficient (Wildman–Crippen LogP) is 3.10. The molecule has 3 nitrogen and oxygen atoms in total. The summed E-state index contributed by atoms with van der Waals surface area (Å²) < 4.78 is 18.9. The number of anilines is 2. The van der Waals surface area contributed by atoms with Gasteiger partial charge in [0.15, 0.2) is 0 Å². The molecule has 0 spiro atoms. The topological polar surface area (TPSA) is 38.5 Å². The van der Waals surface area contributed by atoms with Crippen LogP contribution < -0.4 is 15.4 Å². The molecule has 0 fully saturated rings. The Labute approximate surface area is 118 Å². The molecular formula is C16H19FN2O. The van der Waals surface area contributed by atoms with Crippen LogP contribution in [0, 0.1) is 5.82 Å². The first-order valence-corrected chi connectivity index (χ1v) is 6.51. The monoisotopic (exact) mass is 274 g/mol. The minimum Gasteiger partial charge on any atom is -0.497 e. The van der Waals surface area contributed by atoms with Gasteiger partial charge in [0, 0.05) is 24.5 Å². The van der Waals surface area contributed by atoms with Crippen molar-refractivity contribution in [3.63, 3.8) is 0 Å². The number of ether oxygens (including phenoxy) is 1. The average Bonchev–Trinajstić information content (AvgIpc) is 2.46. The highest BCUT2D eigenvalue weighted by atomic mass is 19.1. The SMILES string of the molecule is COc1cccc(N(C)c2cc(F)cc(CCN)c2)c1. The summed E-state index contributed by atoms with van der Waals surface area (Å²) in [6.45, 7) is 0.506. The van der Waals surface area contributed by atoms with E-state index < -0.39 is 0 Å². The Hall–Kier alpha value is -2.07. The number of nitrogens with zero attached hydrogens (tertiary/aromatic N) is 1. The molecule has 2 aromatic carbocycles. The molecule has 0 unspecified atom stereocenters. The van der Waals surface area contributed by atoms with Crippen LogP contribution in [-0.2, 0) is 6.42 Å². The largest absolute Gasteiger partial charge is 0.497 e. The Kier molecular flexibility index (Phi) is 4.58. The Morgan fingerprint density at radius 1 is 1.15 bits per heavy atom. The van der Waals surface area contributed by atoms with Crippen LogP contribution in [0.25, 0.3) is 0 Å². The van der Waals surface area contributed by atoms with Gasteiger partial charge in [-0.3, -0.25) is 0 Å². The molecular weight excluding hydrogens is 255 g/mol. The maximum atomic E-state index is 13.7. The minimum atomic E-state index is -0.249. The van der Waals surface area contributed by atoms with Crippen molar-refractivity contribution in [2.24, 2.45) is 5.73 Å². The molecule has 0 saturated heterocycles. The molecule has 20 heavy (non-hydrogen) atoms. The van der Waals surface area contributed by atoms with E-state index in [4.69, 9.17) is 10.5 Å². The number of hydrogen-bond acceptors (Lipinski definition) is 3. The van der Waals surface area contributed by atoms with Gasteiger partial charge in [0.2, 0.25) is 0 Å². The summed E-state index contributed by atoms with van der Waals surface area (Å²) in [6.07, 6.45) is 0.663. The Bertz CT molecular complexity index is 586. The van der Waals surface area contributed by atoms with Gasteiger partial charge < -0.3 is 15.4 Å². The molecule has 0 heterocycles. The summed E-state index contributed by atoms with van der Waals surface area (Å²) in [5.74, 6) is 0.522. The molecule has 106 valence electrons. The van der Waals surface area contributed by atoms with E-state index in [1.165, 1.54) is 12.1 Å². The molecule has 0 aliphatic heterocycles. The molecule has 2 rings (SSSR count). The Morgan fingerprint density at radius 2 is 1.95 bits per heavy atom. The van der Waals surface area contributed by atoms with Crippen LogP contribution in [0.4, 0.5) is 15.8 Å². The number of hydrogen-bond donors (Lipinski definition) is 1. The van der Waals surface area contributed by atoms with Gasteiger partial charge in [0.25, 0.3) is 0 Å². The highest BCUT2D eigenvalue weighted by Gasteiger charge is 2.08. The van der Waals surface area contributed by atoms with Crippen LogP contribution >= 0.6 is 0 Å². The van der Waals surface area contributed by atoms with E-state index in [0.29, 0.717) is 13.0 Å². The summed E-state index contributed by atoms with van der Waals surface area (Å²) >= 11 is 0. The smallest absolute Gasteiger partial charge is 0.125 e. The number of benzene rings is 2. The highest BCUT2D eigenvalue weighted by Crippen LogP contribution is 2.28. The number of nitrogens with two attached hydrogens (primary N) is 1. The number of methoxy groups -OCH3 is 1. The van der Waals surface area contributed by atoms with Crippen molar-refractivity contribution in [2.75, 3.05) is 25.6 Å². The van der Waals surface area contributed by atoms with E-state index in [0.717, 1.165) is 22.7 Å². The van der Waals surface area contributed by atoms with E-state index in [2.05, 4.69) is 0 Å². The molecule has 0 amide bonds. The van der Waals surface area contributed by atoms with Crippen LogP contribution in [0.3, 0.4) is 0 Å². The lowest BCUT2D eigenvalue weighted by molar-refractivity contribution is 0.415. The van der Waals surface area contributed by atoms with Crippen LogP contribution in [0.2, 0.25) is 0 Å². The third-order valence-corrected chi connectivity index (χ3v) is 3.20. The van der Waals surface area contributed by atoms with Gasteiger partial charge in [-0.15, -0.1) is 0 Å². The lowest BCUT2D eigenvalue weighted by Crippen LogP contribution is -2.11. The quantitative estimate of drug-likeness (QED) is 0.910. The second-order valence-electron chi connectivity index (χ2n) is 4.62. The van der Waals surface area contributed by atoms with Gasteiger partial charge in [-0.25, -0.2) is 4.39 Å². The zero-order chi connectivity index (χ0) is 14.5.